The van der Waals surface area contributed by atoms with Gasteiger partial charge in [0.15, 0.2) is 11.5 Å². The van der Waals surface area contributed by atoms with Crippen LogP contribution in [0.25, 0.3) is 0 Å². The van der Waals surface area contributed by atoms with Crippen LogP contribution >= 0.6 is 0 Å². The van der Waals surface area contributed by atoms with Crippen molar-refractivity contribution in [3.8, 4) is 11.5 Å². The molecule has 1 saturated carbocycles. The largest absolute Gasteiger partial charge is 0.504 e. The van der Waals surface area contributed by atoms with E-state index in [1.165, 1.54) is 37.5 Å². The molecule has 0 heterocycles. The van der Waals surface area contributed by atoms with Crippen LogP contribution in [0.3, 0.4) is 0 Å². The minimum absolute atomic E-state index is 0.209. The highest BCUT2D eigenvalue weighted by molar-refractivity contribution is 5.94. The summed E-state index contributed by atoms with van der Waals surface area (Å²) in [5.41, 5.74) is 0.369. The summed E-state index contributed by atoms with van der Waals surface area (Å²) < 4.78 is 0. The molecule has 0 aliphatic heterocycles. The van der Waals surface area contributed by atoms with E-state index in [0.717, 1.165) is 12.3 Å². The minimum Gasteiger partial charge on any atom is -0.504 e. The lowest BCUT2D eigenvalue weighted by Gasteiger charge is -2.25. The van der Waals surface area contributed by atoms with Crippen molar-refractivity contribution in [2.75, 3.05) is 6.54 Å². The molecule has 1 aromatic carbocycles. The molecule has 0 radical (unpaired) electrons. The number of phenolic OH excluding ortho intramolecular Hbond substituents is 2. The molecular weight excluding hydrogens is 218 g/mol. The third-order valence-corrected chi connectivity index (χ3v) is 3.30. The number of benzene rings is 1. The summed E-state index contributed by atoms with van der Waals surface area (Å²) in [5.74, 6) is 0.0794. The van der Waals surface area contributed by atoms with Crippen molar-refractivity contribution in [1.29, 1.82) is 0 Å². The Kier molecular flexibility index (Phi) is 3.52. The van der Waals surface area contributed by atoms with Crippen molar-refractivity contribution in [2.45, 2.75) is 25.7 Å². The average Bonchev–Trinajstić information content (AvgIpc) is 2.25. The van der Waals surface area contributed by atoms with Crippen LogP contribution in [0.4, 0.5) is 0 Å². The maximum absolute atomic E-state index is 11.7. The Labute approximate surface area is 100 Å². The normalized spacial score (nSPS) is 15.3. The van der Waals surface area contributed by atoms with Crippen LogP contribution in [-0.2, 0) is 0 Å². The zero-order chi connectivity index (χ0) is 12.3. The molecule has 92 valence electrons. The van der Waals surface area contributed by atoms with Crippen molar-refractivity contribution in [3.05, 3.63) is 23.8 Å². The maximum Gasteiger partial charge on any atom is 0.251 e. The maximum atomic E-state index is 11.7. The second-order valence-electron chi connectivity index (χ2n) is 4.54. The third kappa shape index (κ3) is 2.90. The Hall–Kier alpha value is -1.71. The number of carbonyl (C=O) groups is 1. The van der Waals surface area contributed by atoms with Crippen LogP contribution in [-0.4, -0.2) is 22.7 Å². The van der Waals surface area contributed by atoms with Crippen molar-refractivity contribution in [1.82, 2.24) is 5.32 Å². The highest BCUT2D eigenvalue weighted by atomic mass is 16.3. The molecule has 2 rings (SSSR count). The van der Waals surface area contributed by atoms with Crippen LogP contribution in [0.2, 0.25) is 0 Å². The van der Waals surface area contributed by atoms with Gasteiger partial charge < -0.3 is 15.5 Å². The Bertz CT molecular complexity index is 413. The van der Waals surface area contributed by atoms with Gasteiger partial charge in [0.2, 0.25) is 0 Å². The molecule has 1 aromatic rings. The molecule has 1 aliphatic rings. The number of amides is 1. The lowest BCUT2D eigenvalue weighted by atomic mass is 9.83. The molecular formula is C13H17NO3. The van der Waals surface area contributed by atoms with Crippen LogP contribution in [0.1, 0.15) is 36.0 Å². The van der Waals surface area contributed by atoms with Gasteiger partial charge in [0, 0.05) is 12.1 Å². The van der Waals surface area contributed by atoms with Gasteiger partial charge in [-0.15, -0.1) is 0 Å². The smallest absolute Gasteiger partial charge is 0.251 e. The predicted octanol–water partition coefficient (Wildman–Crippen LogP) is 2.02. The minimum atomic E-state index is -0.267. The highest BCUT2D eigenvalue weighted by Gasteiger charge is 2.17. The molecule has 0 atom stereocenters. The Morgan fingerprint density at radius 3 is 2.65 bits per heavy atom. The van der Waals surface area contributed by atoms with Crippen LogP contribution in [0, 0.1) is 5.92 Å². The predicted molar refractivity (Wildman–Crippen MR) is 64.1 cm³/mol. The van der Waals surface area contributed by atoms with Gasteiger partial charge in [-0.2, -0.15) is 0 Å². The van der Waals surface area contributed by atoms with Gasteiger partial charge in [-0.25, -0.2) is 0 Å². The van der Waals surface area contributed by atoms with E-state index in [1.54, 1.807) is 0 Å². The molecule has 4 nitrogen and oxygen atoms in total. The quantitative estimate of drug-likeness (QED) is 0.699. The fraction of sp³-hybridized carbons (Fsp3) is 0.462. The van der Waals surface area contributed by atoms with Gasteiger partial charge in [-0.05, 0) is 30.5 Å². The molecule has 1 amide bonds. The standard InChI is InChI=1S/C13H17NO3/c15-11-5-4-10(8-12(11)16)13(17)14-7-6-9-2-1-3-9/h4-5,8-9,15-16H,1-3,6-7H2,(H,14,17). The van der Waals surface area contributed by atoms with Crippen molar-refractivity contribution in [2.24, 2.45) is 5.92 Å². The average molecular weight is 235 g/mol. The first-order valence-electron chi connectivity index (χ1n) is 5.97. The summed E-state index contributed by atoms with van der Waals surface area (Å²) in [6, 6.07) is 4.08. The van der Waals surface area contributed by atoms with E-state index >= 15 is 0 Å². The zero-order valence-corrected chi connectivity index (χ0v) is 9.65. The highest BCUT2D eigenvalue weighted by Crippen LogP contribution is 2.29. The first kappa shape index (κ1) is 11.8. The molecule has 0 saturated heterocycles. The van der Waals surface area contributed by atoms with Crippen LogP contribution in [0.15, 0.2) is 18.2 Å². The number of hydrogen-bond donors (Lipinski definition) is 3. The molecule has 1 aliphatic carbocycles. The van der Waals surface area contributed by atoms with Crippen LogP contribution < -0.4 is 5.32 Å². The number of hydrogen-bond acceptors (Lipinski definition) is 3. The van der Waals surface area contributed by atoms with E-state index in [2.05, 4.69) is 5.32 Å². The van der Waals surface area contributed by atoms with Gasteiger partial charge in [0.25, 0.3) is 5.91 Å². The fourth-order valence-corrected chi connectivity index (χ4v) is 1.94. The van der Waals surface area contributed by atoms with Gasteiger partial charge in [-0.1, -0.05) is 19.3 Å². The summed E-state index contributed by atoms with van der Waals surface area (Å²) in [5, 5.41) is 21.2. The number of carbonyl (C=O) groups excluding carboxylic acids is 1. The fourth-order valence-electron chi connectivity index (χ4n) is 1.94. The van der Waals surface area contributed by atoms with Crippen LogP contribution in [0.5, 0.6) is 11.5 Å². The van der Waals surface area contributed by atoms with E-state index < -0.39 is 0 Å². The van der Waals surface area contributed by atoms with E-state index in [9.17, 15) is 9.90 Å². The molecule has 0 spiro atoms. The molecule has 3 N–H and O–H groups in total. The lowest BCUT2D eigenvalue weighted by Crippen LogP contribution is -2.27. The third-order valence-electron chi connectivity index (χ3n) is 3.30. The SMILES string of the molecule is O=C(NCCC1CCC1)c1ccc(O)c(O)c1. The molecule has 1 fully saturated rings. The number of phenols is 2. The molecule has 4 heteroatoms. The first-order valence-corrected chi connectivity index (χ1v) is 5.97. The van der Waals surface area contributed by atoms with Gasteiger partial charge in [0.1, 0.15) is 0 Å². The molecule has 0 bridgehead atoms. The molecule has 0 unspecified atom stereocenters. The van der Waals surface area contributed by atoms with Crippen molar-refractivity contribution < 1.29 is 15.0 Å². The van der Waals surface area contributed by atoms with Crippen molar-refractivity contribution >= 4 is 5.91 Å². The van der Waals surface area contributed by atoms with E-state index in [-0.39, 0.29) is 17.4 Å². The Morgan fingerprint density at radius 2 is 2.06 bits per heavy atom. The van der Waals surface area contributed by atoms with Gasteiger partial charge in [0.05, 0.1) is 0 Å². The van der Waals surface area contributed by atoms with Gasteiger partial charge >= 0.3 is 0 Å². The van der Waals surface area contributed by atoms with Gasteiger partial charge in [-0.3, -0.25) is 4.79 Å². The zero-order valence-electron chi connectivity index (χ0n) is 9.65. The first-order chi connectivity index (χ1) is 8.16. The second kappa shape index (κ2) is 5.08. The summed E-state index contributed by atoms with van der Waals surface area (Å²) in [7, 11) is 0. The van der Waals surface area contributed by atoms with E-state index in [4.69, 9.17) is 5.11 Å². The van der Waals surface area contributed by atoms with E-state index in [1.807, 2.05) is 0 Å². The summed E-state index contributed by atoms with van der Waals surface area (Å²) in [6.45, 7) is 0.672. The molecule has 17 heavy (non-hydrogen) atoms. The Balaban J connectivity index is 1.83. The summed E-state index contributed by atoms with van der Waals surface area (Å²) >= 11 is 0. The summed E-state index contributed by atoms with van der Waals surface area (Å²) in [6.07, 6.45) is 4.88. The number of rotatable bonds is 4. The second-order valence-corrected chi connectivity index (χ2v) is 4.54. The number of aromatic hydroxyl groups is 2. The Morgan fingerprint density at radius 1 is 1.29 bits per heavy atom. The monoisotopic (exact) mass is 235 g/mol. The van der Waals surface area contributed by atoms with E-state index in [0.29, 0.717) is 12.1 Å². The lowest BCUT2D eigenvalue weighted by molar-refractivity contribution is 0.0948. The number of nitrogens with one attached hydrogen (secondary N) is 1. The topological polar surface area (TPSA) is 69.6 Å². The van der Waals surface area contributed by atoms with Crippen molar-refractivity contribution in [3.63, 3.8) is 0 Å². The molecule has 0 aromatic heterocycles. The summed E-state index contributed by atoms with van der Waals surface area (Å²) in [4.78, 5) is 11.7.